The highest BCUT2D eigenvalue weighted by molar-refractivity contribution is 7.96. The van der Waals surface area contributed by atoms with E-state index in [1.54, 1.807) is 24.3 Å². The van der Waals surface area contributed by atoms with E-state index in [0.29, 0.717) is 12.3 Å². The average molecular weight is 510 g/mol. The molecule has 0 aliphatic rings. The van der Waals surface area contributed by atoms with Crippen LogP contribution in [0.4, 0.5) is 4.79 Å². The summed E-state index contributed by atoms with van der Waals surface area (Å²) < 4.78 is 5.15. The summed E-state index contributed by atoms with van der Waals surface area (Å²) in [5.41, 5.74) is 0.742. The second-order valence-corrected chi connectivity index (χ2v) is 10.5. The van der Waals surface area contributed by atoms with Crippen LogP contribution in [0.1, 0.15) is 44.6 Å². The van der Waals surface area contributed by atoms with Crippen LogP contribution in [-0.4, -0.2) is 66.6 Å². The van der Waals surface area contributed by atoms with Gasteiger partial charge in [0.1, 0.15) is 12.6 Å². The molecule has 2 unspecified atom stereocenters. The fraction of sp³-hybridized carbons (Fsp3) is 0.542. The van der Waals surface area contributed by atoms with Crippen molar-refractivity contribution in [1.82, 2.24) is 16.0 Å². The zero-order chi connectivity index (χ0) is 26.2. The van der Waals surface area contributed by atoms with Crippen molar-refractivity contribution in [2.24, 2.45) is 0 Å². The third-order valence-electron chi connectivity index (χ3n) is 4.82. The first-order valence-corrected chi connectivity index (χ1v) is 13.6. The van der Waals surface area contributed by atoms with Crippen LogP contribution in [0.15, 0.2) is 30.3 Å². The summed E-state index contributed by atoms with van der Waals surface area (Å²) in [6, 6.07) is 6.28. The maximum absolute atomic E-state index is 12.8. The Labute approximate surface area is 208 Å². The summed E-state index contributed by atoms with van der Waals surface area (Å²) in [6.07, 6.45) is 3.35. The van der Waals surface area contributed by atoms with Gasteiger partial charge in [0.2, 0.25) is 11.8 Å². The lowest BCUT2D eigenvalue weighted by Crippen LogP contribution is -2.54. The van der Waals surface area contributed by atoms with Gasteiger partial charge in [0.25, 0.3) is 0 Å². The summed E-state index contributed by atoms with van der Waals surface area (Å²) in [5.74, 6) is -2.43. The fourth-order valence-corrected chi connectivity index (χ4v) is 3.81. The lowest BCUT2D eigenvalue weighted by molar-refractivity contribution is -0.308. The highest BCUT2D eigenvalue weighted by Crippen LogP contribution is 2.06. The SMILES string of the molecule is CCCNC(=O)CCC(NC(=O)OCc1ccccc1)C(=O)NC(CCC(=O)C[S+](C)C)C(=O)[O-]. The molecule has 0 fully saturated rings. The van der Waals surface area contributed by atoms with Gasteiger partial charge < -0.3 is 30.6 Å². The van der Waals surface area contributed by atoms with Crippen LogP contribution < -0.4 is 21.1 Å². The van der Waals surface area contributed by atoms with E-state index in [4.69, 9.17) is 4.74 Å². The highest BCUT2D eigenvalue weighted by atomic mass is 32.2. The van der Waals surface area contributed by atoms with E-state index in [0.717, 1.165) is 12.0 Å². The van der Waals surface area contributed by atoms with Crippen molar-refractivity contribution >= 4 is 40.6 Å². The molecular weight excluding hydrogens is 474 g/mol. The number of carbonyl (C=O) groups excluding carboxylic acids is 5. The molecule has 3 N–H and O–H groups in total. The van der Waals surface area contributed by atoms with Crippen molar-refractivity contribution in [3.05, 3.63) is 35.9 Å². The predicted molar refractivity (Wildman–Crippen MR) is 131 cm³/mol. The molecule has 0 aliphatic heterocycles. The molecular formula is C24H35N3O7S. The minimum Gasteiger partial charge on any atom is -0.548 e. The van der Waals surface area contributed by atoms with E-state index in [-0.39, 0.29) is 54.9 Å². The number of ether oxygens (including phenoxy) is 1. The minimum atomic E-state index is -1.54. The van der Waals surface area contributed by atoms with Gasteiger partial charge in [-0.1, -0.05) is 37.3 Å². The Morgan fingerprint density at radius 2 is 1.63 bits per heavy atom. The number of hydrogen-bond acceptors (Lipinski definition) is 7. The molecule has 0 saturated heterocycles. The molecule has 3 amide bonds. The molecule has 2 atom stereocenters. The number of rotatable bonds is 16. The maximum atomic E-state index is 12.8. The van der Waals surface area contributed by atoms with E-state index in [2.05, 4.69) is 16.0 Å². The Bertz CT molecular complexity index is 849. The molecule has 0 heterocycles. The molecule has 0 saturated carbocycles. The average Bonchev–Trinajstić information content (AvgIpc) is 2.81. The van der Waals surface area contributed by atoms with Gasteiger partial charge in [-0.05, 0) is 35.7 Å². The zero-order valence-corrected chi connectivity index (χ0v) is 21.3. The number of amides is 3. The number of alkyl carbamates (subject to hydrolysis) is 1. The third kappa shape index (κ3) is 13.4. The lowest BCUT2D eigenvalue weighted by Gasteiger charge is -2.24. The Morgan fingerprint density at radius 1 is 0.971 bits per heavy atom. The van der Waals surface area contributed by atoms with Gasteiger partial charge in [0.05, 0.1) is 24.5 Å². The van der Waals surface area contributed by atoms with Crippen molar-refractivity contribution in [1.29, 1.82) is 0 Å². The van der Waals surface area contributed by atoms with Crippen LogP contribution in [0.5, 0.6) is 0 Å². The number of hydrogen-bond donors (Lipinski definition) is 3. The van der Waals surface area contributed by atoms with E-state index < -0.39 is 30.1 Å². The van der Waals surface area contributed by atoms with Crippen molar-refractivity contribution in [2.75, 3.05) is 24.8 Å². The second kappa shape index (κ2) is 16.5. The number of carbonyl (C=O) groups is 5. The Hall–Kier alpha value is -3.08. The summed E-state index contributed by atoms with van der Waals surface area (Å²) in [5, 5.41) is 18.9. The molecule has 0 aliphatic carbocycles. The molecule has 0 bridgehead atoms. The Balaban J connectivity index is 2.78. The van der Waals surface area contributed by atoms with Crippen molar-refractivity contribution in [2.45, 2.75) is 57.7 Å². The smallest absolute Gasteiger partial charge is 0.408 e. The molecule has 0 aromatic heterocycles. The van der Waals surface area contributed by atoms with E-state index in [9.17, 15) is 29.1 Å². The topological polar surface area (TPSA) is 154 Å². The van der Waals surface area contributed by atoms with E-state index in [1.807, 2.05) is 25.5 Å². The Kier molecular flexibility index (Phi) is 14.1. The van der Waals surface area contributed by atoms with Gasteiger partial charge in [-0.2, -0.15) is 0 Å². The first-order chi connectivity index (χ1) is 16.6. The number of ketones is 1. The summed E-state index contributed by atoms with van der Waals surface area (Å²) in [6.45, 7) is 2.34. The second-order valence-electron chi connectivity index (χ2n) is 8.23. The number of benzene rings is 1. The van der Waals surface area contributed by atoms with Gasteiger partial charge in [0, 0.05) is 19.4 Å². The summed E-state index contributed by atoms with van der Waals surface area (Å²) in [7, 11) is -0.121. The quantitative estimate of drug-likeness (QED) is 0.266. The largest absolute Gasteiger partial charge is 0.548 e. The van der Waals surface area contributed by atoms with Crippen LogP contribution in [-0.2, 0) is 41.4 Å². The van der Waals surface area contributed by atoms with Crippen LogP contribution in [0, 0.1) is 0 Å². The standard InChI is InChI=1S/C24H35N3O7S/c1-4-14-25-21(29)13-12-19(27-24(33)34-15-17-8-6-5-7-9-17)22(30)26-20(23(31)32)11-10-18(28)16-35(2)3/h5-9,19-20H,4,10-16H2,1-3H3,(H3-,25,26,27,29,30,31,32,33). The van der Waals surface area contributed by atoms with Crippen LogP contribution in [0.2, 0.25) is 0 Å². The number of carboxylic acids is 1. The monoisotopic (exact) mass is 509 g/mol. The molecule has 35 heavy (non-hydrogen) atoms. The maximum Gasteiger partial charge on any atom is 0.408 e. The van der Waals surface area contributed by atoms with Gasteiger partial charge >= 0.3 is 6.09 Å². The van der Waals surface area contributed by atoms with Crippen molar-refractivity contribution < 1.29 is 33.8 Å². The molecule has 11 heteroatoms. The van der Waals surface area contributed by atoms with Crippen LogP contribution in [0.3, 0.4) is 0 Å². The number of carboxylic acid groups (broad SMARTS) is 1. The van der Waals surface area contributed by atoms with Gasteiger partial charge in [0.15, 0.2) is 11.5 Å². The van der Waals surface area contributed by atoms with Gasteiger partial charge in [-0.15, -0.1) is 0 Å². The molecule has 1 aromatic rings. The normalized spacial score (nSPS) is 12.3. The summed E-state index contributed by atoms with van der Waals surface area (Å²) in [4.78, 5) is 60.6. The Morgan fingerprint density at radius 3 is 2.23 bits per heavy atom. The van der Waals surface area contributed by atoms with Gasteiger partial charge in [-0.25, -0.2) is 4.79 Å². The van der Waals surface area contributed by atoms with Gasteiger partial charge in [-0.3, -0.25) is 14.4 Å². The lowest BCUT2D eigenvalue weighted by atomic mass is 10.1. The zero-order valence-electron chi connectivity index (χ0n) is 20.5. The number of nitrogens with one attached hydrogen (secondary N) is 3. The molecule has 10 nitrogen and oxygen atoms in total. The van der Waals surface area contributed by atoms with Crippen LogP contribution >= 0.6 is 0 Å². The third-order valence-corrected chi connectivity index (χ3v) is 5.72. The first kappa shape index (κ1) is 30.0. The summed E-state index contributed by atoms with van der Waals surface area (Å²) >= 11 is 0. The van der Waals surface area contributed by atoms with Crippen LogP contribution in [0.25, 0.3) is 0 Å². The fourth-order valence-electron chi connectivity index (χ4n) is 3.02. The van der Waals surface area contributed by atoms with E-state index in [1.165, 1.54) is 0 Å². The number of aliphatic carboxylic acids is 1. The molecule has 0 spiro atoms. The molecule has 0 radical (unpaired) electrons. The van der Waals surface area contributed by atoms with E-state index >= 15 is 0 Å². The predicted octanol–water partition coefficient (Wildman–Crippen LogP) is 0.0497. The minimum absolute atomic E-state index is 0.0270. The number of Topliss-reactive ketones (excluding diaryl/α,β-unsaturated/α-hetero) is 1. The molecule has 194 valence electrons. The highest BCUT2D eigenvalue weighted by Gasteiger charge is 2.26. The molecule has 1 rings (SSSR count). The molecule has 1 aromatic carbocycles. The van der Waals surface area contributed by atoms with Crippen molar-refractivity contribution in [3.63, 3.8) is 0 Å². The van der Waals surface area contributed by atoms with Crippen molar-refractivity contribution in [3.8, 4) is 0 Å². The first-order valence-electron chi connectivity index (χ1n) is 11.4.